The largest absolute Gasteiger partial charge is 0.310 e. The second-order valence-electron chi connectivity index (χ2n) is 3.76. The zero-order chi connectivity index (χ0) is 11.8. The maximum Gasteiger partial charge on any atom is 0.0320 e. The van der Waals surface area contributed by atoms with Gasteiger partial charge in [-0.15, -0.1) is 12.3 Å². The van der Waals surface area contributed by atoms with Gasteiger partial charge in [-0.2, -0.15) is 0 Å². The highest BCUT2D eigenvalue weighted by Gasteiger charge is 2.09. The molecule has 86 valence electrons. The number of terminal acetylenes is 1. The van der Waals surface area contributed by atoms with Crippen molar-refractivity contribution in [2.24, 2.45) is 0 Å². The summed E-state index contributed by atoms with van der Waals surface area (Å²) in [4.78, 5) is 0. The van der Waals surface area contributed by atoms with E-state index >= 15 is 0 Å². The van der Waals surface area contributed by atoms with Crippen LogP contribution < -0.4 is 5.32 Å². The summed E-state index contributed by atoms with van der Waals surface area (Å²) in [7, 11) is 0. The Morgan fingerprint density at radius 1 is 1.50 bits per heavy atom. The van der Waals surface area contributed by atoms with Gasteiger partial charge in [0, 0.05) is 16.0 Å². The van der Waals surface area contributed by atoms with E-state index in [0.29, 0.717) is 6.04 Å². The molecule has 0 aliphatic rings. The van der Waals surface area contributed by atoms with Crippen LogP contribution in [-0.4, -0.2) is 6.54 Å². The van der Waals surface area contributed by atoms with Crippen LogP contribution in [0.1, 0.15) is 37.8 Å². The van der Waals surface area contributed by atoms with E-state index in [1.165, 1.54) is 9.13 Å². The highest BCUT2D eigenvalue weighted by atomic mass is 127. The highest BCUT2D eigenvalue weighted by Crippen LogP contribution is 2.20. The Kier molecular flexibility index (Phi) is 6.51. The first-order valence-electron chi connectivity index (χ1n) is 5.70. The number of hydrogen-bond donors (Lipinski definition) is 1. The van der Waals surface area contributed by atoms with Crippen molar-refractivity contribution < 1.29 is 0 Å². The third-order valence-electron chi connectivity index (χ3n) is 2.52. The minimum absolute atomic E-state index is 0.438. The molecule has 1 unspecified atom stereocenters. The molecular weight excluding hydrogens is 309 g/mol. The van der Waals surface area contributed by atoms with Gasteiger partial charge in [0.2, 0.25) is 0 Å². The molecule has 1 N–H and O–H groups in total. The quantitative estimate of drug-likeness (QED) is 0.477. The van der Waals surface area contributed by atoms with Crippen LogP contribution in [0.5, 0.6) is 0 Å². The first kappa shape index (κ1) is 13.5. The van der Waals surface area contributed by atoms with Gasteiger partial charge in [0.1, 0.15) is 0 Å². The SMILES string of the molecule is C#CCCCC(NCC)c1cccc(I)c1. The lowest BCUT2D eigenvalue weighted by Crippen LogP contribution is -2.20. The van der Waals surface area contributed by atoms with E-state index in [0.717, 1.165) is 25.8 Å². The number of hydrogen-bond acceptors (Lipinski definition) is 1. The summed E-state index contributed by atoms with van der Waals surface area (Å²) in [6, 6.07) is 9.10. The fraction of sp³-hybridized carbons (Fsp3) is 0.429. The predicted molar refractivity (Wildman–Crippen MR) is 78.3 cm³/mol. The van der Waals surface area contributed by atoms with Crippen LogP contribution in [0.25, 0.3) is 0 Å². The summed E-state index contributed by atoms with van der Waals surface area (Å²) in [5.74, 6) is 2.70. The van der Waals surface area contributed by atoms with Gasteiger partial charge in [-0.3, -0.25) is 0 Å². The molecule has 0 amide bonds. The van der Waals surface area contributed by atoms with Gasteiger partial charge in [0.25, 0.3) is 0 Å². The summed E-state index contributed by atoms with van der Waals surface area (Å²) in [5.41, 5.74) is 1.37. The molecule has 16 heavy (non-hydrogen) atoms. The van der Waals surface area contributed by atoms with Gasteiger partial charge in [0.05, 0.1) is 0 Å². The third-order valence-corrected chi connectivity index (χ3v) is 3.19. The van der Waals surface area contributed by atoms with Crippen molar-refractivity contribution >= 4 is 22.6 Å². The maximum atomic E-state index is 5.28. The molecule has 0 radical (unpaired) electrons. The predicted octanol–water partition coefficient (Wildman–Crippen LogP) is 3.75. The van der Waals surface area contributed by atoms with Crippen molar-refractivity contribution in [2.45, 2.75) is 32.2 Å². The van der Waals surface area contributed by atoms with Crippen LogP contribution in [0.15, 0.2) is 24.3 Å². The van der Waals surface area contributed by atoms with Crippen LogP contribution in [0, 0.1) is 15.9 Å². The Morgan fingerprint density at radius 3 is 2.94 bits per heavy atom. The van der Waals surface area contributed by atoms with Gasteiger partial charge in [-0.1, -0.05) is 19.1 Å². The fourth-order valence-electron chi connectivity index (χ4n) is 1.76. The Bertz CT molecular complexity index is 354. The number of benzene rings is 1. The molecular formula is C14H18IN. The van der Waals surface area contributed by atoms with E-state index in [-0.39, 0.29) is 0 Å². The summed E-state index contributed by atoms with van der Waals surface area (Å²) in [5, 5.41) is 3.51. The lowest BCUT2D eigenvalue weighted by atomic mass is 10.0. The molecule has 0 saturated heterocycles. The Balaban J connectivity index is 2.65. The second kappa shape index (κ2) is 7.70. The Hall–Kier alpha value is -0.530. The summed E-state index contributed by atoms with van der Waals surface area (Å²) in [6.45, 7) is 3.13. The molecule has 1 aromatic rings. The van der Waals surface area contributed by atoms with Gasteiger partial charge in [0.15, 0.2) is 0 Å². The average molecular weight is 327 g/mol. The number of rotatable bonds is 6. The van der Waals surface area contributed by atoms with Gasteiger partial charge < -0.3 is 5.32 Å². The second-order valence-corrected chi connectivity index (χ2v) is 5.01. The molecule has 1 rings (SSSR count). The number of halogens is 1. The smallest absolute Gasteiger partial charge is 0.0320 e. The molecule has 1 nitrogen and oxygen atoms in total. The summed E-state index contributed by atoms with van der Waals surface area (Å²) in [6.07, 6.45) is 8.34. The first-order chi connectivity index (χ1) is 7.77. The standard InChI is InChI=1S/C14H18IN/c1-3-5-6-10-14(16-4-2)12-8-7-9-13(15)11-12/h1,7-9,11,14,16H,4-6,10H2,2H3. The molecule has 0 fully saturated rings. The molecule has 0 saturated carbocycles. The monoisotopic (exact) mass is 327 g/mol. The minimum Gasteiger partial charge on any atom is -0.310 e. The van der Waals surface area contributed by atoms with E-state index in [4.69, 9.17) is 6.42 Å². The van der Waals surface area contributed by atoms with Crippen LogP contribution in [0.2, 0.25) is 0 Å². The minimum atomic E-state index is 0.438. The van der Waals surface area contributed by atoms with Crippen LogP contribution in [0.3, 0.4) is 0 Å². The molecule has 0 spiro atoms. The normalized spacial score (nSPS) is 12.1. The topological polar surface area (TPSA) is 12.0 Å². The molecule has 0 aliphatic heterocycles. The molecule has 0 bridgehead atoms. The zero-order valence-corrected chi connectivity index (χ0v) is 11.8. The summed E-state index contributed by atoms with van der Waals surface area (Å²) >= 11 is 2.35. The summed E-state index contributed by atoms with van der Waals surface area (Å²) < 4.78 is 1.29. The van der Waals surface area contributed by atoms with Gasteiger partial charge in [-0.05, 0) is 59.7 Å². The number of nitrogens with one attached hydrogen (secondary N) is 1. The van der Waals surface area contributed by atoms with E-state index in [1.54, 1.807) is 0 Å². The van der Waals surface area contributed by atoms with Crippen LogP contribution in [-0.2, 0) is 0 Å². The first-order valence-corrected chi connectivity index (χ1v) is 6.78. The van der Waals surface area contributed by atoms with E-state index < -0.39 is 0 Å². The van der Waals surface area contributed by atoms with Crippen molar-refractivity contribution in [2.75, 3.05) is 6.54 Å². The Labute approximate surface area is 112 Å². The molecule has 0 aromatic heterocycles. The molecule has 0 heterocycles. The van der Waals surface area contributed by atoms with Crippen molar-refractivity contribution in [3.8, 4) is 12.3 Å². The van der Waals surface area contributed by atoms with Crippen molar-refractivity contribution in [3.63, 3.8) is 0 Å². The van der Waals surface area contributed by atoms with E-state index in [9.17, 15) is 0 Å². The van der Waals surface area contributed by atoms with Crippen molar-refractivity contribution in [1.29, 1.82) is 0 Å². The van der Waals surface area contributed by atoms with E-state index in [1.807, 2.05) is 0 Å². The highest BCUT2D eigenvalue weighted by molar-refractivity contribution is 14.1. The van der Waals surface area contributed by atoms with Crippen LogP contribution >= 0.6 is 22.6 Å². The average Bonchev–Trinajstić information content (AvgIpc) is 2.28. The van der Waals surface area contributed by atoms with Crippen molar-refractivity contribution in [3.05, 3.63) is 33.4 Å². The van der Waals surface area contributed by atoms with Crippen LogP contribution in [0.4, 0.5) is 0 Å². The van der Waals surface area contributed by atoms with E-state index in [2.05, 4.69) is 65.0 Å². The molecule has 1 atom stereocenters. The maximum absolute atomic E-state index is 5.28. The number of unbranched alkanes of at least 4 members (excludes halogenated alkanes) is 1. The fourth-order valence-corrected chi connectivity index (χ4v) is 2.33. The third kappa shape index (κ3) is 4.54. The molecule has 0 aliphatic carbocycles. The van der Waals surface area contributed by atoms with Gasteiger partial charge in [-0.25, -0.2) is 0 Å². The Morgan fingerprint density at radius 2 is 2.31 bits per heavy atom. The van der Waals surface area contributed by atoms with Gasteiger partial charge >= 0.3 is 0 Å². The lowest BCUT2D eigenvalue weighted by molar-refractivity contribution is 0.501. The zero-order valence-electron chi connectivity index (χ0n) is 9.67. The molecule has 2 heteroatoms. The molecule has 1 aromatic carbocycles. The lowest BCUT2D eigenvalue weighted by Gasteiger charge is -2.18. The van der Waals surface area contributed by atoms with Crippen molar-refractivity contribution in [1.82, 2.24) is 5.32 Å².